The number of allylic oxidation sites excluding steroid dienone is 1. The SMILES string of the molecule is Cc1cc(C)nc(C2(C)C=C(N)C=CC2N)n1. The Morgan fingerprint density at radius 3 is 2.41 bits per heavy atom. The molecular formula is C13H18N4. The maximum Gasteiger partial charge on any atom is 0.140 e. The smallest absolute Gasteiger partial charge is 0.140 e. The van der Waals surface area contributed by atoms with Gasteiger partial charge in [-0.2, -0.15) is 0 Å². The predicted octanol–water partition coefficient (Wildman–Crippen LogP) is 1.09. The van der Waals surface area contributed by atoms with Gasteiger partial charge >= 0.3 is 0 Å². The molecule has 90 valence electrons. The molecule has 4 N–H and O–H groups in total. The van der Waals surface area contributed by atoms with Gasteiger partial charge in [-0.05, 0) is 39.0 Å². The molecular weight excluding hydrogens is 212 g/mol. The summed E-state index contributed by atoms with van der Waals surface area (Å²) in [6, 6.07) is 1.79. The van der Waals surface area contributed by atoms with Gasteiger partial charge in [-0.25, -0.2) is 9.97 Å². The highest BCUT2D eigenvalue weighted by Crippen LogP contribution is 2.30. The van der Waals surface area contributed by atoms with Crippen molar-refractivity contribution in [3.63, 3.8) is 0 Å². The molecule has 0 aromatic carbocycles. The lowest BCUT2D eigenvalue weighted by Gasteiger charge is -2.32. The molecule has 1 aromatic heterocycles. The quantitative estimate of drug-likeness (QED) is 0.757. The molecule has 2 unspecified atom stereocenters. The van der Waals surface area contributed by atoms with Crippen molar-refractivity contribution >= 4 is 0 Å². The van der Waals surface area contributed by atoms with Crippen molar-refractivity contribution in [3.05, 3.63) is 47.2 Å². The standard InChI is InChI=1S/C13H18N4/c1-8-6-9(2)17-12(16-8)13(3)7-10(14)4-5-11(13)15/h4-7,11H,14-15H2,1-3H3. The Labute approximate surface area is 101 Å². The van der Waals surface area contributed by atoms with E-state index in [4.69, 9.17) is 11.5 Å². The molecule has 0 radical (unpaired) electrons. The van der Waals surface area contributed by atoms with Crippen LogP contribution in [-0.4, -0.2) is 16.0 Å². The second-order valence-electron chi connectivity index (χ2n) is 4.79. The van der Waals surface area contributed by atoms with E-state index in [2.05, 4.69) is 9.97 Å². The third kappa shape index (κ3) is 2.08. The van der Waals surface area contributed by atoms with E-state index in [1.807, 2.05) is 45.1 Å². The number of aromatic nitrogens is 2. The largest absolute Gasteiger partial charge is 0.399 e. The fourth-order valence-corrected chi connectivity index (χ4v) is 2.09. The molecule has 17 heavy (non-hydrogen) atoms. The molecule has 0 saturated carbocycles. The summed E-state index contributed by atoms with van der Waals surface area (Å²) in [5.74, 6) is 0.731. The number of hydrogen-bond donors (Lipinski definition) is 2. The van der Waals surface area contributed by atoms with Crippen LogP contribution in [-0.2, 0) is 5.41 Å². The lowest BCUT2D eigenvalue weighted by atomic mass is 9.78. The van der Waals surface area contributed by atoms with Gasteiger partial charge in [-0.1, -0.05) is 6.08 Å². The monoisotopic (exact) mass is 230 g/mol. The van der Waals surface area contributed by atoms with Gasteiger partial charge in [0.05, 0.1) is 5.41 Å². The van der Waals surface area contributed by atoms with Crippen molar-refractivity contribution in [2.75, 3.05) is 0 Å². The Morgan fingerprint density at radius 2 is 1.82 bits per heavy atom. The third-order valence-electron chi connectivity index (χ3n) is 3.12. The van der Waals surface area contributed by atoms with Crippen LogP contribution in [0.5, 0.6) is 0 Å². The van der Waals surface area contributed by atoms with Crippen molar-refractivity contribution in [3.8, 4) is 0 Å². The molecule has 2 atom stereocenters. The molecule has 0 fully saturated rings. The van der Waals surface area contributed by atoms with E-state index < -0.39 is 5.41 Å². The number of aryl methyl sites for hydroxylation is 2. The van der Waals surface area contributed by atoms with Gasteiger partial charge in [0.25, 0.3) is 0 Å². The fourth-order valence-electron chi connectivity index (χ4n) is 2.09. The number of nitrogens with zero attached hydrogens (tertiary/aromatic N) is 2. The van der Waals surface area contributed by atoms with E-state index >= 15 is 0 Å². The summed E-state index contributed by atoms with van der Waals surface area (Å²) in [5, 5.41) is 0. The Morgan fingerprint density at radius 1 is 1.24 bits per heavy atom. The summed E-state index contributed by atoms with van der Waals surface area (Å²) in [5.41, 5.74) is 14.2. The average molecular weight is 230 g/mol. The summed E-state index contributed by atoms with van der Waals surface area (Å²) in [7, 11) is 0. The first-order chi connectivity index (χ1) is 7.91. The van der Waals surface area contributed by atoms with Gasteiger partial charge < -0.3 is 11.5 Å². The minimum absolute atomic E-state index is 0.156. The minimum atomic E-state index is -0.435. The van der Waals surface area contributed by atoms with E-state index in [-0.39, 0.29) is 6.04 Å². The molecule has 1 heterocycles. The van der Waals surface area contributed by atoms with Crippen LogP contribution in [0.15, 0.2) is 30.0 Å². The zero-order chi connectivity index (χ0) is 12.6. The van der Waals surface area contributed by atoms with Crippen LogP contribution in [0, 0.1) is 13.8 Å². The molecule has 0 aliphatic heterocycles. The summed E-state index contributed by atoms with van der Waals surface area (Å²) in [4.78, 5) is 8.98. The van der Waals surface area contributed by atoms with Gasteiger partial charge in [-0.15, -0.1) is 0 Å². The highest BCUT2D eigenvalue weighted by Gasteiger charge is 2.35. The highest BCUT2D eigenvalue weighted by molar-refractivity contribution is 5.36. The zero-order valence-electron chi connectivity index (χ0n) is 10.4. The van der Waals surface area contributed by atoms with Crippen LogP contribution >= 0.6 is 0 Å². The molecule has 0 bridgehead atoms. The van der Waals surface area contributed by atoms with Crippen molar-refractivity contribution in [2.45, 2.75) is 32.2 Å². The first kappa shape index (κ1) is 11.8. The van der Waals surface area contributed by atoms with Gasteiger partial charge in [0, 0.05) is 23.1 Å². The van der Waals surface area contributed by atoms with Gasteiger partial charge in [0.1, 0.15) is 5.82 Å². The van der Waals surface area contributed by atoms with Crippen LogP contribution in [0.4, 0.5) is 0 Å². The Balaban J connectivity index is 2.54. The number of nitrogens with two attached hydrogens (primary N) is 2. The van der Waals surface area contributed by atoms with Gasteiger partial charge in [0.15, 0.2) is 0 Å². The fraction of sp³-hybridized carbons (Fsp3) is 0.385. The number of rotatable bonds is 1. The molecule has 2 rings (SSSR count). The second kappa shape index (κ2) is 3.96. The minimum Gasteiger partial charge on any atom is -0.399 e. The molecule has 0 spiro atoms. The summed E-state index contributed by atoms with van der Waals surface area (Å²) in [6.07, 6.45) is 5.66. The summed E-state index contributed by atoms with van der Waals surface area (Å²) in [6.45, 7) is 5.93. The van der Waals surface area contributed by atoms with Crippen LogP contribution in [0.1, 0.15) is 24.1 Å². The van der Waals surface area contributed by atoms with Crippen molar-refractivity contribution < 1.29 is 0 Å². The Bertz CT molecular complexity index is 484. The molecule has 4 heteroatoms. The Hall–Kier alpha value is -1.68. The first-order valence-electron chi connectivity index (χ1n) is 5.67. The maximum atomic E-state index is 6.14. The molecule has 0 amide bonds. The molecule has 1 aromatic rings. The van der Waals surface area contributed by atoms with Crippen molar-refractivity contribution in [1.29, 1.82) is 0 Å². The lowest BCUT2D eigenvalue weighted by Crippen LogP contribution is -2.44. The van der Waals surface area contributed by atoms with Crippen LogP contribution in [0.25, 0.3) is 0 Å². The van der Waals surface area contributed by atoms with Crippen molar-refractivity contribution in [2.24, 2.45) is 11.5 Å². The molecule has 1 aliphatic carbocycles. The van der Waals surface area contributed by atoms with E-state index in [0.717, 1.165) is 17.2 Å². The van der Waals surface area contributed by atoms with E-state index in [9.17, 15) is 0 Å². The summed E-state index contributed by atoms with van der Waals surface area (Å²) < 4.78 is 0. The van der Waals surface area contributed by atoms with E-state index in [0.29, 0.717) is 5.70 Å². The van der Waals surface area contributed by atoms with Crippen molar-refractivity contribution in [1.82, 2.24) is 9.97 Å². The topological polar surface area (TPSA) is 77.8 Å². The van der Waals surface area contributed by atoms with Gasteiger partial charge in [-0.3, -0.25) is 0 Å². The first-order valence-corrected chi connectivity index (χ1v) is 5.67. The third-order valence-corrected chi connectivity index (χ3v) is 3.12. The van der Waals surface area contributed by atoms with Crippen LogP contribution < -0.4 is 11.5 Å². The predicted molar refractivity (Wildman–Crippen MR) is 68.2 cm³/mol. The Kier molecular flexibility index (Phi) is 2.75. The average Bonchev–Trinajstić information content (AvgIpc) is 2.22. The molecule has 0 saturated heterocycles. The lowest BCUT2D eigenvalue weighted by molar-refractivity contribution is 0.481. The zero-order valence-corrected chi connectivity index (χ0v) is 10.4. The normalized spacial score (nSPS) is 28.0. The van der Waals surface area contributed by atoms with Crippen LogP contribution in [0.3, 0.4) is 0 Å². The highest BCUT2D eigenvalue weighted by atomic mass is 14.9. The van der Waals surface area contributed by atoms with Gasteiger partial charge in [0.2, 0.25) is 0 Å². The second-order valence-corrected chi connectivity index (χ2v) is 4.79. The number of hydrogen-bond acceptors (Lipinski definition) is 4. The summed E-state index contributed by atoms with van der Waals surface area (Å²) >= 11 is 0. The molecule has 4 nitrogen and oxygen atoms in total. The molecule has 1 aliphatic rings. The maximum absolute atomic E-state index is 6.14. The van der Waals surface area contributed by atoms with Crippen LogP contribution in [0.2, 0.25) is 0 Å². The van der Waals surface area contributed by atoms with E-state index in [1.54, 1.807) is 0 Å². The van der Waals surface area contributed by atoms with E-state index in [1.165, 1.54) is 0 Å².